The van der Waals surface area contributed by atoms with Crippen molar-refractivity contribution in [2.75, 3.05) is 20.2 Å². The molecule has 1 fully saturated rings. The summed E-state index contributed by atoms with van der Waals surface area (Å²) in [6.45, 7) is 6.40. The first kappa shape index (κ1) is 11.5. The number of carbonyl (C=O) groups is 1. The molecule has 1 atom stereocenters. The van der Waals surface area contributed by atoms with Crippen LogP contribution in [0.25, 0.3) is 0 Å². The van der Waals surface area contributed by atoms with Crippen molar-refractivity contribution in [1.29, 1.82) is 0 Å². The third-order valence-electron chi connectivity index (χ3n) is 2.65. The molecule has 3 nitrogen and oxygen atoms in total. The zero-order valence-corrected chi connectivity index (χ0v) is 9.38. The molecule has 0 saturated carbocycles. The molecule has 1 heterocycles. The number of likely N-dealkylation sites (tertiary alicyclic amines) is 1. The molecule has 0 aromatic heterocycles. The van der Waals surface area contributed by atoms with Gasteiger partial charge in [0.2, 0.25) is 0 Å². The molecule has 1 saturated heterocycles. The van der Waals surface area contributed by atoms with Crippen LogP contribution in [0.3, 0.4) is 0 Å². The van der Waals surface area contributed by atoms with E-state index in [4.69, 9.17) is 4.74 Å². The van der Waals surface area contributed by atoms with Gasteiger partial charge < -0.3 is 4.74 Å². The number of hydrogen-bond acceptors (Lipinski definition) is 3. The van der Waals surface area contributed by atoms with Crippen LogP contribution < -0.4 is 0 Å². The first-order chi connectivity index (χ1) is 6.63. The summed E-state index contributed by atoms with van der Waals surface area (Å²) in [5.41, 5.74) is 0. The maximum Gasteiger partial charge on any atom is 0.307 e. The van der Waals surface area contributed by atoms with Crippen molar-refractivity contribution in [3.05, 3.63) is 5.92 Å². The first-order valence-electron chi connectivity index (χ1n) is 5.23. The fourth-order valence-corrected chi connectivity index (χ4v) is 2.02. The Morgan fingerprint density at radius 3 is 2.79 bits per heavy atom. The lowest BCUT2D eigenvalue weighted by Crippen LogP contribution is -2.34. The predicted molar refractivity (Wildman–Crippen MR) is 55.8 cm³/mol. The Labute approximate surface area is 86.4 Å². The summed E-state index contributed by atoms with van der Waals surface area (Å²) in [4.78, 5) is 13.5. The molecule has 0 aromatic rings. The minimum absolute atomic E-state index is 0.0874. The summed E-state index contributed by atoms with van der Waals surface area (Å²) in [7, 11) is 1.46. The van der Waals surface area contributed by atoms with Crippen molar-refractivity contribution < 1.29 is 9.53 Å². The lowest BCUT2D eigenvalue weighted by atomic mass is 10.1. The molecule has 14 heavy (non-hydrogen) atoms. The Morgan fingerprint density at radius 2 is 2.21 bits per heavy atom. The van der Waals surface area contributed by atoms with E-state index in [1.54, 1.807) is 0 Å². The van der Waals surface area contributed by atoms with Crippen molar-refractivity contribution in [3.63, 3.8) is 0 Å². The predicted octanol–water partition coefficient (Wildman–Crippen LogP) is 1.63. The van der Waals surface area contributed by atoms with E-state index < -0.39 is 0 Å². The Hall–Kier alpha value is -0.570. The molecule has 0 bridgehead atoms. The number of nitrogens with zero attached hydrogens (tertiary/aromatic N) is 1. The second-order valence-corrected chi connectivity index (χ2v) is 4.25. The molecule has 81 valence electrons. The zero-order chi connectivity index (χ0) is 10.6. The van der Waals surface area contributed by atoms with Crippen molar-refractivity contribution in [2.24, 2.45) is 0 Å². The van der Waals surface area contributed by atoms with E-state index in [9.17, 15) is 4.79 Å². The summed E-state index contributed by atoms with van der Waals surface area (Å²) in [5, 5.41) is 0. The van der Waals surface area contributed by atoms with E-state index in [0.29, 0.717) is 12.5 Å². The number of hydrogen-bond donors (Lipinski definition) is 0. The first-order valence-corrected chi connectivity index (χ1v) is 5.23. The van der Waals surface area contributed by atoms with Crippen molar-refractivity contribution >= 4 is 5.97 Å². The lowest BCUT2D eigenvalue weighted by molar-refractivity contribution is -0.141. The second-order valence-electron chi connectivity index (χ2n) is 4.25. The van der Waals surface area contributed by atoms with Gasteiger partial charge in [-0.05, 0) is 25.3 Å². The fourth-order valence-electron chi connectivity index (χ4n) is 2.02. The summed E-state index contributed by atoms with van der Waals surface area (Å²) in [6, 6.07) is 0.400. The molecule has 1 radical (unpaired) electrons. The van der Waals surface area contributed by atoms with E-state index in [1.807, 2.05) is 0 Å². The quantitative estimate of drug-likeness (QED) is 0.643. The van der Waals surface area contributed by atoms with Crippen LogP contribution in [-0.4, -0.2) is 37.1 Å². The highest BCUT2D eigenvalue weighted by molar-refractivity contribution is 5.69. The summed E-state index contributed by atoms with van der Waals surface area (Å²) >= 11 is 0. The van der Waals surface area contributed by atoms with Crippen molar-refractivity contribution in [2.45, 2.75) is 39.2 Å². The maximum atomic E-state index is 11.1. The van der Waals surface area contributed by atoms with Gasteiger partial charge in [-0.1, -0.05) is 13.8 Å². The van der Waals surface area contributed by atoms with Gasteiger partial charge in [-0.2, -0.15) is 0 Å². The number of methoxy groups -OCH3 is 1. The second kappa shape index (κ2) is 5.35. The smallest absolute Gasteiger partial charge is 0.307 e. The minimum Gasteiger partial charge on any atom is -0.469 e. The largest absolute Gasteiger partial charge is 0.469 e. The van der Waals surface area contributed by atoms with Gasteiger partial charge in [0.05, 0.1) is 13.5 Å². The lowest BCUT2D eigenvalue weighted by Gasteiger charge is -2.24. The molecule has 0 aromatic carbocycles. The molecular formula is C11H20NO2. The number of ether oxygens (including phenoxy) is 1. The van der Waals surface area contributed by atoms with Gasteiger partial charge in [0, 0.05) is 12.6 Å². The average Bonchev–Trinajstić information content (AvgIpc) is 2.52. The molecular weight excluding hydrogens is 178 g/mol. The third kappa shape index (κ3) is 3.29. The molecule has 3 heteroatoms. The Morgan fingerprint density at radius 1 is 1.50 bits per heavy atom. The zero-order valence-electron chi connectivity index (χ0n) is 9.38. The van der Waals surface area contributed by atoms with Crippen molar-refractivity contribution in [3.8, 4) is 0 Å². The SMILES string of the molecule is COC(=O)CC1CCCN1C[C](C)C. The number of carbonyl (C=O) groups excluding carboxylic acids is 1. The highest BCUT2D eigenvalue weighted by Crippen LogP contribution is 2.21. The van der Waals surface area contributed by atoms with Crippen molar-refractivity contribution in [1.82, 2.24) is 4.90 Å². The van der Waals surface area contributed by atoms with E-state index in [1.165, 1.54) is 19.4 Å². The van der Waals surface area contributed by atoms with Crippen LogP contribution in [0.15, 0.2) is 0 Å². The van der Waals surface area contributed by atoms with Gasteiger partial charge in [0.1, 0.15) is 0 Å². The van der Waals surface area contributed by atoms with Gasteiger partial charge in [-0.15, -0.1) is 0 Å². The van der Waals surface area contributed by atoms with E-state index >= 15 is 0 Å². The monoisotopic (exact) mass is 198 g/mol. The average molecular weight is 198 g/mol. The van der Waals surface area contributed by atoms with Gasteiger partial charge in [0.25, 0.3) is 0 Å². The normalized spacial score (nSPS) is 23.0. The summed E-state index contributed by atoms with van der Waals surface area (Å²) < 4.78 is 4.69. The molecule has 1 rings (SSSR count). The number of esters is 1. The van der Waals surface area contributed by atoms with E-state index in [0.717, 1.165) is 19.5 Å². The highest BCUT2D eigenvalue weighted by atomic mass is 16.5. The van der Waals surface area contributed by atoms with Crippen LogP contribution in [0.2, 0.25) is 0 Å². The minimum atomic E-state index is -0.0874. The van der Waals surface area contributed by atoms with Gasteiger partial charge >= 0.3 is 5.97 Å². The maximum absolute atomic E-state index is 11.1. The molecule has 0 N–H and O–H groups in total. The molecule has 1 aliphatic rings. The summed E-state index contributed by atoms with van der Waals surface area (Å²) in [6.07, 6.45) is 2.88. The van der Waals surface area contributed by atoms with Crippen LogP contribution in [0, 0.1) is 5.92 Å². The Bertz CT molecular complexity index is 192. The van der Waals surface area contributed by atoms with Crippen LogP contribution in [0.4, 0.5) is 0 Å². The van der Waals surface area contributed by atoms with E-state index in [-0.39, 0.29) is 5.97 Å². The van der Waals surface area contributed by atoms with E-state index in [2.05, 4.69) is 18.7 Å². The molecule has 0 aliphatic carbocycles. The number of rotatable bonds is 4. The van der Waals surface area contributed by atoms with Crippen LogP contribution in [0.5, 0.6) is 0 Å². The Balaban J connectivity index is 2.38. The topological polar surface area (TPSA) is 29.5 Å². The molecule has 0 spiro atoms. The molecule has 1 aliphatic heterocycles. The van der Waals surface area contributed by atoms with Crippen LogP contribution in [0.1, 0.15) is 33.1 Å². The van der Waals surface area contributed by atoms with Crippen LogP contribution >= 0.6 is 0 Å². The van der Waals surface area contributed by atoms with Gasteiger partial charge in [-0.3, -0.25) is 9.69 Å². The molecule has 1 unspecified atom stereocenters. The highest BCUT2D eigenvalue weighted by Gasteiger charge is 2.27. The standard InChI is InChI=1S/C11H20NO2/c1-9(2)8-12-6-4-5-10(12)7-11(13)14-3/h10H,4-8H2,1-3H3. The third-order valence-corrected chi connectivity index (χ3v) is 2.65. The fraction of sp³-hybridized carbons (Fsp3) is 0.818. The van der Waals surface area contributed by atoms with Gasteiger partial charge in [-0.25, -0.2) is 0 Å². The molecule has 0 amide bonds. The van der Waals surface area contributed by atoms with Crippen LogP contribution in [-0.2, 0) is 9.53 Å². The Kier molecular flexibility index (Phi) is 4.39. The summed E-state index contributed by atoms with van der Waals surface area (Å²) in [5.74, 6) is 1.32. The van der Waals surface area contributed by atoms with Gasteiger partial charge in [0.15, 0.2) is 0 Å².